The molecule has 0 saturated carbocycles. The topological polar surface area (TPSA) is 116 Å². The van der Waals surface area contributed by atoms with Crippen molar-refractivity contribution in [2.24, 2.45) is 10.9 Å². The van der Waals surface area contributed by atoms with Crippen LogP contribution in [-0.2, 0) is 13.0 Å². The Kier molecular flexibility index (Phi) is 4.79. The van der Waals surface area contributed by atoms with Gasteiger partial charge >= 0.3 is 5.97 Å². The van der Waals surface area contributed by atoms with Gasteiger partial charge in [-0.15, -0.1) is 0 Å². The summed E-state index contributed by atoms with van der Waals surface area (Å²) in [5.74, 6) is 10.8. The first-order chi connectivity index (χ1) is 12.5. The average Bonchev–Trinajstić information content (AvgIpc) is 2.66. The Labute approximate surface area is 150 Å². The van der Waals surface area contributed by atoms with Crippen molar-refractivity contribution in [3.8, 4) is 5.75 Å². The Morgan fingerprint density at radius 2 is 1.85 bits per heavy atom. The van der Waals surface area contributed by atoms with Crippen LogP contribution in [0, 0.1) is 0 Å². The lowest BCUT2D eigenvalue weighted by atomic mass is 10.1. The number of fused-ring (bicyclic) bond motifs is 1. The second kappa shape index (κ2) is 7.18. The lowest BCUT2D eigenvalue weighted by Gasteiger charge is -2.11. The maximum absolute atomic E-state index is 11.3. The number of carbonyl (C=O) groups is 1. The number of nitrogen functional groups attached to an aromatic ring is 1. The fourth-order valence-electron chi connectivity index (χ4n) is 2.73. The molecule has 0 aliphatic rings. The number of hydrogen-bond acceptors (Lipinski definition) is 5. The lowest BCUT2D eigenvalue weighted by Crippen LogP contribution is -2.34. The van der Waals surface area contributed by atoms with Crippen LogP contribution in [0.3, 0.4) is 0 Å². The zero-order valence-corrected chi connectivity index (χ0v) is 14.3. The normalized spacial score (nSPS) is 11.7. The molecule has 5 N–H and O–H groups in total. The van der Waals surface area contributed by atoms with Crippen LogP contribution >= 0.6 is 0 Å². The highest BCUT2D eigenvalue weighted by atomic mass is 16.5. The molecule has 0 spiro atoms. The SMILES string of the molecule is CCc1ccc(COc2ccc3cc(C(=O)O)/c(=N/N)n(N)c3c2)cc1. The van der Waals surface area contributed by atoms with Gasteiger partial charge in [0.1, 0.15) is 17.9 Å². The van der Waals surface area contributed by atoms with E-state index in [0.717, 1.165) is 16.7 Å². The number of pyridine rings is 1. The molecule has 7 heteroatoms. The van der Waals surface area contributed by atoms with E-state index in [-0.39, 0.29) is 11.1 Å². The van der Waals surface area contributed by atoms with Gasteiger partial charge in [0.2, 0.25) is 0 Å². The van der Waals surface area contributed by atoms with Crippen molar-refractivity contribution < 1.29 is 14.6 Å². The third-order valence-corrected chi connectivity index (χ3v) is 4.22. The molecule has 0 fully saturated rings. The van der Waals surface area contributed by atoms with Gasteiger partial charge in [-0.3, -0.25) is 0 Å². The molecule has 1 aromatic heterocycles. The van der Waals surface area contributed by atoms with E-state index in [9.17, 15) is 9.90 Å². The molecular weight excluding hydrogens is 332 g/mol. The zero-order chi connectivity index (χ0) is 18.7. The monoisotopic (exact) mass is 352 g/mol. The Bertz CT molecular complexity index is 1020. The summed E-state index contributed by atoms with van der Waals surface area (Å²) >= 11 is 0. The molecule has 0 radical (unpaired) electrons. The summed E-state index contributed by atoms with van der Waals surface area (Å²) in [4.78, 5) is 11.3. The van der Waals surface area contributed by atoms with Crippen molar-refractivity contribution in [3.63, 3.8) is 0 Å². The zero-order valence-electron chi connectivity index (χ0n) is 14.3. The van der Waals surface area contributed by atoms with Gasteiger partial charge in [0.25, 0.3) is 0 Å². The summed E-state index contributed by atoms with van der Waals surface area (Å²) in [5.41, 5.74) is 2.82. The molecule has 0 bridgehead atoms. The second-order valence-electron chi connectivity index (χ2n) is 5.87. The van der Waals surface area contributed by atoms with Gasteiger partial charge in [-0.25, -0.2) is 9.47 Å². The van der Waals surface area contributed by atoms with Crippen molar-refractivity contribution in [2.45, 2.75) is 20.0 Å². The number of ether oxygens (including phenoxy) is 1. The number of carboxylic acids is 1. The Balaban J connectivity index is 1.92. The Hall–Kier alpha value is -3.48. The van der Waals surface area contributed by atoms with E-state index in [1.165, 1.54) is 11.6 Å². The van der Waals surface area contributed by atoms with Crippen molar-refractivity contribution in [2.75, 3.05) is 5.84 Å². The van der Waals surface area contributed by atoms with E-state index in [4.69, 9.17) is 16.4 Å². The molecule has 0 atom stereocenters. The van der Waals surface area contributed by atoms with Gasteiger partial charge in [0.05, 0.1) is 5.52 Å². The smallest absolute Gasteiger partial charge is 0.339 e. The number of aromatic carboxylic acids is 1. The highest BCUT2D eigenvalue weighted by Crippen LogP contribution is 2.21. The van der Waals surface area contributed by atoms with Crippen LogP contribution in [0.15, 0.2) is 53.6 Å². The van der Waals surface area contributed by atoms with Gasteiger partial charge in [-0.1, -0.05) is 31.2 Å². The number of aromatic nitrogens is 1. The van der Waals surface area contributed by atoms with Crippen LogP contribution in [0.1, 0.15) is 28.4 Å². The van der Waals surface area contributed by atoms with Crippen molar-refractivity contribution in [1.82, 2.24) is 4.68 Å². The van der Waals surface area contributed by atoms with Crippen LogP contribution in [0.5, 0.6) is 5.75 Å². The van der Waals surface area contributed by atoms with E-state index < -0.39 is 5.97 Å². The molecule has 1 heterocycles. The molecule has 0 amide bonds. The summed E-state index contributed by atoms with van der Waals surface area (Å²) in [7, 11) is 0. The summed E-state index contributed by atoms with van der Waals surface area (Å²) in [5, 5.41) is 13.4. The second-order valence-corrected chi connectivity index (χ2v) is 5.87. The summed E-state index contributed by atoms with van der Waals surface area (Å²) in [6.07, 6.45) is 0.995. The molecule has 26 heavy (non-hydrogen) atoms. The molecule has 3 rings (SSSR count). The van der Waals surface area contributed by atoms with E-state index in [0.29, 0.717) is 23.3 Å². The molecule has 2 aromatic carbocycles. The molecule has 0 aliphatic heterocycles. The Morgan fingerprint density at radius 1 is 1.15 bits per heavy atom. The maximum Gasteiger partial charge on any atom is 0.339 e. The van der Waals surface area contributed by atoms with Gasteiger partial charge in [-0.2, -0.15) is 5.10 Å². The predicted octanol–water partition coefficient (Wildman–Crippen LogP) is 1.97. The van der Waals surface area contributed by atoms with E-state index in [1.807, 2.05) is 12.1 Å². The minimum absolute atomic E-state index is 0.0164. The molecule has 134 valence electrons. The fourth-order valence-corrected chi connectivity index (χ4v) is 2.73. The molecule has 3 aromatic rings. The minimum Gasteiger partial charge on any atom is -0.489 e. The summed E-state index contributed by atoms with van der Waals surface area (Å²) < 4.78 is 6.99. The average molecular weight is 352 g/mol. The third kappa shape index (κ3) is 3.32. The van der Waals surface area contributed by atoms with Crippen LogP contribution < -0.4 is 21.9 Å². The first-order valence-electron chi connectivity index (χ1n) is 8.16. The predicted molar refractivity (Wildman–Crippen MR) is 99.0 cm³/mol. The summed E-state index contributed by atoms with van der Waals surface area (Å²) in [6.45, 7) is 2.53. The molecule has 0 unspecified atom stereocenters. The minimum atomic E-state index is -1.15. The number of aryl methyl sites for hydroxylation is 1. The Morgan fingerprint density at radius 3 is 2.46 bits per heavy atom. The maximum atomic E-state index is 11.3. The lowest BCUT2D eigenvalue weighted by molar-refractivity contribution is 0.0694. The van der Waals surface area contributed by atoms with Crippen LogP contribution in [0.25, 0.3) is 10.9 Å². The number of hydrogen-bond donors (Lipinski definition) is 3. The quantitative estimate of drug-likeness (QED) is 0.479. The number of carboxylic acid groups (broad SMARTS) is 1. The van der Waals surface area contributed by atoms with Crippen LogP contribution in [0.4, 0.5) is 0 Å². The largest absolute Gasteiger partial charge is 0.489 e. The fraction of sp³-hybridized carbons (Fsp3) is 0.158. The van der Waals surface area contributed by atoms with Crippen molar-refractivity contribution in [3.05, 3.63) is 70.7 Å². The van der Waals surface area contributed by atoms with Crippen molar-refractivity contribution in [1.29, 1.82) is 0 Å². The van der Waals surface area contributed by atoms with E-state index in [2.05, 4.69) is 24.2 Å². The number of nitrogens with zero attached hydrogens (tertiary/aromatic N) is 2. The highest BCUT2D eigenvalue weighted by molar-refractivity contribution is 5.92. The first kappa shape index (κ1) is 17.3. The van der Waals surface area contributed by atoms with Crippen molar-refractivity contribution >= 4 is 16.9 Å². The van der Waals surface area contributed by atoms with Gasteiger partial charge in [0.15, 0.2) is 5.49 Å². The van der Waals surface area contributed by atoms with Crippen LogP contribution in [0.2, 0.25) is 0 Å². The summed E-state index contributed by atoms with van der Waals surface area (Å²) in [6, 6.07) is 15.0. The molecule has 7 nitrogen and oxygen atoms in total. The highest BCUT2D eigenvalue weighted by Gasteiger charge is 2.12. The van der Waals surface area contributed by atoms with E-state index in [1.54, 1.807) is 18.2 Å². The van der Waals surface area contributed by atoms with Gasteiger partial charge in [0, 0.05) is 11.5 Å². The van der Waals surface area contributed by atoms with E-state index >= 15 is 0 Å². The third-order valence-electron chi connectivity index (χ3n) is 4.22. The molecule has 0 aliphatic carbocycles. The standard InChI is InChI=1S/C19H20N4O3/c1-2-12-3-5-13(6-4-12)11-26-15-8-7-14-9-16(19(24)25)18(22-20)23(21)17(14)10-15/h3-10H,2,11,20-21H2,1H3,(H,24,25)/b22-18-. The molecular formula is C19H20N4O3. The number of rotatable bonds is 5. The van der Waals surface area contributed by atoms with Crippen LogP contribution in [-0.4, -0.2) is 15.8 Å². The van der Waals surface area contributed by atoms with Gasteiger partial charge in [-0.05, 0) is 35.7 Å². The van der Waals surface area contributed by atoms with Gasteiger partial charge < -0.3 is 21.5 Å². The number of nitrogens with two attached hydrogens (primary N) is 2. The molecule has 0 saturated heterocycles. The number of benzene rings is 2. The first-order valence-corrected chi connectivity index (χ1v) is 8.16.